The number of carbonyl (C=O) groups is 1. The molecule has 2 fully saturated rings. The highest BCUT2D eigenvalue weighted by Crippen LogP contribution is 2.60. The van der Waals surface area contributed by atoms with Gasteiger partial charge in [-0.3, -0.25) is 23.3 Å². The third-order valence-electron chi connectivity index (χ3n) is 7.21. The first-order valence-electron chi connectivity index (χ1n) is 13.0. The van der Waals surface area contributed by atoms with Crippen LogP contribution in [0.2, 0.25) is 0 Å². The molecule has 2 unspecified atom stereocenters. The number of nitrogen functional groups attached to an aromatic ring is 1. The summed E-state index contributed by atoms with van der Waals surface area (Å²) >= 11 is 0. The molecule has 23 heteroatoms. The highest BCUT2D eigenvalue weighted by molar-refractivity contribution is 7.61. The third kappa shape index (κ3) is 6.86. The maximum atomic E-state index is 12.4. The lowest BCUT2D eigenvalue weighted by molar-refractivity contribution is -0.125. The number of primary amides is 1. The molecule has 0 spiro atoms. The fourth-order valence-corrected chi connectivity index (χ4v) is 7.07. The normalized spacial score (nSPS) is 35.5. The lowest BCUT2D eigenvalue weighted by Crippen LogP contribution is -2.49. The predicted octanol–water partition coefficient (Wildman–Crippen LogP) is -3.30. The number of amides is 1. The van der Waals surface area contributed by atoms with Gasteiger partial charge in [0.05, 0.1) is 25.5 Å². The van der Waals surface area contributed by atoms with Crippen LogP contribution < -0.4 is 11.5 Å². The van der Waals surface area contributed by atoms with Crippen LogP contribution in [0.3, 0.4) is 0 Å². The number of fused-ring (bicyclic) bond motifs is 1. The molecule has 0 bridgehead atoms. The Labute approximate surface area is 247 Å². The van der Waals surface area contributed by atoms with E-state index in [2.05, 4.69) is 19.3 Å². The zero-order chi connectivity index (χ0) is 32.0. The van der Waals surface area contributed by atoms with Crippen LogP contribution in [0, 0.1) is 5.92 Å². The minimum Gasteiger partial charge on any atom is -0.387 e. The number of hydrogen-bond acceptors (Lipinski definition) is 17. The molecule has 10 N–H and O–H groups in total. The van der Waals surface area contributed by atoms with Crippen LogP contribution in [0.1, 0.15) is 6.23 Å². The van der Waals surface area contributed by atoms with Crippen molar-refractivity contribution in [1.29, 1.82) is 0 Å². The summed E-state index contributed by atoms with van der Waals surface area (Å²) in [6, 6.07) is 0. The maximum absolute atomic E-state index is 12.4. The molecule has 3 aliphatic rings. The molecule has 5 rings (SSSR count). The molecule has 11 atom stereocenters. The highest BCUT2D eigenvalue weighted by atomic mass is 31.3. The summed E-state index contributed by atoms with van der Waals surface area (Å²) in [5.74, 6) is -1.22. The average molecular weight is 667 g/mol. The largest absolute Gasteiger partial charge is 0.481 e. The Morgan fingerprint density at radius 1 is 0.955 bits per heavy atom. The maximum Gasteiger partial charge on any atom is 0.481 e. The molecule has 2 aromatic heterocycles. The van der Waals surface area contributed by atoms with Gasteiger partial charge in [-0.25, -0.2) is 24.1 Å². The van der Waals surface area contributed by atoms with Gasteiger partial charge < -0.3 is 51.2 Å². The molecule has 21 nitrogen and oxygen atoms in total. The van der Waals surface area contributed by atoms with E-state index < -0.39 is 89.8 Å². The van der Waals surface area contributed by atoms with Gasteiger partial charge in [0.15, 0.2) is 17.7 Å². The van der Waals surface area contributed by atoms with E-state index >= 15 is 0 Å². The summed E-state index contributed by atoms with van der Waals surface area (Å²) in [5, 5.41) is 41.7. The van der Waals surface area contributed by atoms with Crippen LogP contribution in [-0.2, 0) is 36.8 Å². The smallest absolute Gasteiger partial charge is 0.387 e. The Balaban J connectivity index is 1.14. The Bertz CT molecular complexity index is 1500. The molecule has 2 saturated heterocycles. The number of phosphoric acid groups is 2. The Hall–Kier alpha value is -2.46. The molecule has 0 aromatic carbocycles. The van der Waals surface area contributed by atoms with Crippen LogP contribution in [0.5, 0.6) is 0 Å². The monoisotopic (exact) mass is 667 g/mol. The van der Waals surface area contributed by atoms with Crippen molar-refractivity contribution in [3.63, 3.8) is 0 Å². The van der Waals surface area contributed by atoms with Crippen LogP contribution in [0.25, 0.3) is 11.2 Å². The van der Waals surface area contributed by atoms with E-state index in [0.29, 0.717) is 0 Å². The number of anilines is 1. The van der Waals surface area contributed by atoms with E-state index in [1.54, 1.807) is 12.2 Å². The van der Waals surface area contributed by atoms with E-state index in [0.717, 1.165) is 6.33 Å². The fraction of sp³-hybridized carbons (Fsp3) is 0.619. The van der Waals surface area contributed by atoms with Gasteiger partial charge in [-0.15, -0.1) is 0 Å². The van der Waals surface area contributed by atoms with Gasteiger partial charge in [0.25, 0.3) is 0 Å². The SMILES string of the molecule is NC(=O)[C@@H]1C=CCN([C@@H]2O[C@H](COP(=O)(O)OP(=O)(O)OC[C@H]3O[C@@H](n4cnc5c(N)ncnc54)[C@H](O)[C@@H]3O)[C@@H](O)[C@H]2O)C1. The van der Waals surface area contributed by atoms with Crippen LogP contribution >= 0.6 is 15.6 Å². The molecule has 244 valence electrons. The first kappa shape index (κ1) is 32.9. The lowest BCUT2D eigenvalue weighted by atomic mass is 10.0. The zero-order valence-electron chi connectivity index (χ0n) is 22.6. The number of hydrogen-bond donors (Lipinski definition) is 8. The first-order chi connectivity index (χ1) is 20.7. The summed E-state index contributed by atoms with van der Waals surface area (Å²) in [4.78, 5) is 45.0. The first-order valence-corrected chi connectivity index (χ1v) is 16.0. The van der Waals surface area contributed by atoms with E-state index in [1.165, 1.54) is 15.8 Å². The summed E-state index contributed by atoms with van der Waals surface area (Å²) < 4.78 is 51.0. The van der Waals surface area contributed by atoms with Gasteiger partial charge in [-0.1, -0.05) is 12.2 Å². The van der Waals surface area contributed by atoms with Gasteiger partial charge in [0, 0.05) is 13.1 Å². The summed E-state index contributed by atoms with van der Waals surface area (Å²) in [7, 11) is -10.7. The minimum absolute atomic E-state index is 0.0541. The van der Waals surface area contributed by atoms with Crippen molar-refractivity contribution in [2.45, 2.75) is 49.1 Å². The van der Waals surface area contributed by atoms with Crippen molar-refractivity contribution in [3.8, 4) is 0 Å². The van der Waals surface area contributed by atoms with Crippen molar-refractivity contribution < 1.29 is 67.0 Å². The second kappa shape index (κ2) is 12.7. The second-order valence-electron chi connectivity index (χ2n) is 10.2. The number of nitrogens with two attached hydrogens (primary N) is 2. The van der Waals surface area contributed by atoms with E-state index in [-0.39, 0.29) is 30.1 Å². The minimum atomic E-state index is -5.36. The lowest BCUT2D eigenvalue weighted by Gasteiger charge is -2.33. The molecule has 0 saturated carbocycles. The van der Waals surface area contributed by atoms with Crippen LogP contribution in [0.4, 0.5) is 5.82 Å². The third-order valence-corrected chi connectivity index (χ3v) is 9.81. The standard InChI is InChI=1S/C21H31N7O14P2/c22-17-12-19(25-7-24-17)28(8-26-12)21-16(32)14(30)11(41-21)6-39-44(36,37)42-43(34,35)38-5-10-13(29)15(31)20(40-10)27-3-1-2-9(4-27)18(23)33/h1-2,7-11,13-16,20-21,29-32H,3-6H2,(H2,23,33)(H,34,35)(H,36,37)(H2,22,24,25)/t9-,10-,11-,13-,14-,15-,16-,20-,21-/m1/s1. The van der Waals surface area contributed by atoms with Gasteiger partial charge >= 0.3 is 15.6 Å². The zero-order valence-corrected chi connectivity index (χ0v) is 24.4. The number of ether oxygens (including phenoxy) is 2. The fourth-order valence-electron chi connectivity index (χ4n) is 4.98. The molecule has 44 heavy (non-hydrogen) atoms. The molecule has 0 radical (unpaired) electrons. The van der Waals surface area contributed by atoms with Crippen molar-refractivity contribution in [3.05, 3.63) is 24.8 Å². The topological polar surface area (TPSA) is 318 Å². The van der Waals surface area contributed by atoms with Crippen molar-refractivity contribution >= 4 is 38.5 Å². The van der Waals surface area contributed by atoms with E-state index in [4.69, 9.17) is 30.0 Å². The molecule has 2 aromatic rings. The van der Waals surface area contributed by atoms with Gasteiger partial charge in [0.1, 0.15) is 54.7 Å². The average Bonchev–Trinajstić information content (AvgIpc) is 3.61. The van der Waals surface area contributed by atoms with Crippen molar-refractivity contribution in [1.82, 2.24) is 24.4 Å². The summed E-state index contributed by atoms with van der Waals surface area (Å²) in [5.41, 5.74) is 11.4. The Morgan fingerprint density at radius 3 is 2.16 bits per heavy atom. The van der Waals surface area contributed by atoms with Crippen molar-refractivity contribution in [2.24, 2.45) is 11.7 Å². The molecule has 3 aliphatic heterocycles. The number of aliphatic hydroxyl groups excluding tert-OH is 4. The number of rotatable bonds is 11. The molecule has 0 aliphatic carbocycles. The molecular formula is C21H31N7O14P2. The number of aliphatic hydroxyl groups is 4. The molecule has 5 heterocycles. The quantitative estimate of drug-likeness (QED) is 0.0859. The highest BCUT2D eigenvalue weighted by Gasteiger charge is 2.49. The van der Waals surface area contributed by atoms with Crippen molar-refractivity contribution in [2.75, 3.05) is 32.0 Å². The summed E-state index contributed by atoms with van der Waals surface area (Å²) in [6.45, 7) is -1.42. The molecular weight excluding hydrogens is 636 g/mol. The van der Waals surface area contributed by atoms with Gasteiger partial charge in [0.2, 0.25) is 5.91 Å². The molecule has 1 amide bonds. The van der Waals surface area contributed by atoms with E-state index in [1.807, 2.05) is 0 Å². The number of nitrogens with zero attached hydrogens (tertiary/aromatic N) is 5. The van der Waals surface area contributed by atoms with Crippen LogP contribution in [-0.4, -0.2) is 130 Å². The number of carbonyl (C=O) groups excluding carboxylic acids is 1. The van der Waals surface area contributed by atoms with Crippen LogP contribution in [0.15, 0.2) is 24.8 Å². The number of imidazole rings is 1. The van der Waals surface area contributed by atoms with E-state index in [9.17, 15) is 44.1 Å². The number of phosphoric ester groups is 2. The predicted molar refractivity (Wildman–Crippen MR) is 142 cm³/mol. The number of aromatic nitrogens is 4. The van der Waals surface area contributed by atoms with Gasteiger partial charge in [-0.2, -0.15) is 4.31 Å². The Kier molecular flexibility index (Phi) is 9.53. The second-order valence-corrected chi connectivity index (χ2v) is 13.2. The summed E-state index contributed by atoms with van der Waals surface area (Å²) in [6.07, 6.45) is -5.94. The Morgan fingerprint density at radius 2 is 1.55 bits per heavy atom. The van der Waals surface area contributed by atoms with Gasteiger partial charge in [-0.05, 0) is 0 Å².